The highest BCUT2D eigenvalue weighted by Crippen LogP contribution is 2.28. The van der Waals surface area contributed by atoms with E-state index in [1.807, 2.05) is 7.05 Å². The molecule has 1 aromatic rings. The largest absolute Gasteiger partial charge is 0.382 e. The standard InChI is InChI=1S/C18H28N2O/c1-4-15-7-5-9-17(11-15)19-18-10-6-8-16(12-18)13-20(3)14(2)21/h6,8,10,12,15,17,19H,4-5,7,9,11,13H2,1-3H3. The van der Waals surface area contributed by atoms with Gasteiger partial charge in [-0.2, -0.15) is 0 Å². The molecule has 21 heavy (non-hydrogen) atoms. The van der Waals surface area contributed by atoms with Crippen molar-refractivity contribution in [2.24, 2.45) is 5.92 Å². The summed E-state index contributed by atoms with van der Waals surface area (Å²) in [5.41, 5.74) is 2.37. The van der Waals surface area contributed by atoms with Gasteiger partial charge in [-0.05, 0) is 36.5 Å². The van der Waals surface area contributed by atoms with Crippen molar-refractivity contribution in [3.05, 3.63) is 29.8 Å². The lowest BCUT2D eigenvalue weighted by atomic mass is 9.84. The molecular weight excluding hydrogens is 260 g/mol. The summed E-state index contributed by atoms with van der Waals surface area (Å²) >= 11 is 0. The van der Waals surface area contributed by atoms with Crippen LogP contribution < -0.4 is 5.32 Å². The molecule has 1 fully saturated rings. The van der Waals surface area contributed by atoms with Gasteiger partial charge in [-0.3, -0.25) is 4.79 Å². The number of hydrogen-bond donors (Lipinski definition) is 1. The van der Waals surface area contributed by atoms with Crippen molar-refractivity contribution in [2.45, 2.75) is 58.5 Å². The van der Waals surface area contributed by atoms with Crippen LogP contribution in [0.1, 0.15) is 51.5 Å². The maximum Gasteiger partial charge on any atom is 0.219 e. The van der Waals surface area contributed by atoms with Crippen LogP contribution in [-0.2, 0) is 11.3 Å². The molecule has 1 amide bonds. The molecular formula is C18H28N2O. The van der Waals surface area contributed by atoms with E-state index in [-0.39, 0.29) is 5.91 Å². The number of carbonyl (C=O) groups excluding carboxylic acids is 1. The van der Waals surface area contributed by atoms with Crippen LogP contribution in [0.15, 0.2) is 24.3 Å². The topological polar surface area (TPSA) is 32.3 Å². The van der Waals surface area contributed by atoms with Gasteiger partial charge in [0.1, 0.15) is 0 Å². The van der Waals surface area contributed by atoms with E-state index >= 15 is 0 Å². The molecule has 0 aliphatic heterocycles. The Morgan fingerprint density at radius 1 is 1.38 bits per heavy atom. The molecule has 3 heteroatoms. The van der Waals surface area contributed by atoms with E-state index in [0.717, 1.165) is 5.92 Å². The van der Waals surface area contributed by atoms with E-state index in [9.17, 15) is 4.79 Å². The Balaban J connectivity index is 1.96. The molecule has 1 saturated carbocycles. The zero-order valence-corrected chi connectivity index (χ0v) is 13.6. The van der Waals surface area contributed by atoms with Gasteiger partial charge in [0.05, 0.1) is 0 Å². The fraction of sp³-hybridized carbons (Fsp3) is 0.611. The first-order valence-corrected chi connectivity index (χ1v) is 8.15. The normalized spacial score (nSPS) is 21.9. The Labute approximate surface area is 128 Å². The highest BCUT2D eigenvalue weighted by Gasteiger charge is 2.20. The first-order chi connectivity index (χ1) is 10.1. The highest BCUT2D eigenvalue weighted by atomic mass is 16.2. The Bertz CT molecular complexity index is 472. The zero-order valence-electron chi connectivity index (χ0n) is 13.6. The predicted molar refractivity (Wildman–Crippen MR) is 88.2 cm³/mol. The number of benzene rings is 1. The lowest BCUT2D eigenvalue weighted by Gasteiger charge is -2.30. The number of amides is 1. The van der Waals surface area contributed by atoms with Crippen molar-refractivity contribution in [3.8, 4) is 0 Å². The lowest BCUT2D eigenvalue weighted by Crippen LogP contribution is -2.27. The second kappa shape index (κ2) is 7.48. The monoisotopic (exact) mass is 288 g/mol. The number of carbonyl (C=O) groups is 1. The van der Waals surface area contributed by atoms with E-state index in [1.54, 1.807) is 11.8 Å². The van der Waals surface area contributed by atoms with Crippen molar-refractivity contribution >= 4 is 11.6 Å². The summed E-state index contributed by atoms with van der Waals surface area (Å²) in [6.07, 6.45) is 6.57. The minimum absolute atomic E-state index is 0.103. The van der Waals surface area contributed by atoms with Crippen molar-refractivity contribution in [3.63, 3.8) is 0 Å². The summed E-state index contributed by atoms with van der Waals surface area (Å²) < 4.78 is 0. The van der Waals surface area contributed by atoms with Crippen LogP contribution in [0.2, 0.25) is 0 Å². The Morgan fingerprint density at radius 3 is 2.90 bits per heavy atom. The minimum atomic E-state index is 0.103. The number of nitrogens with one attached hydrogen (secondary N) is 1. The van der Waals surface area contributed by atoms with Gasteiger partial charge in [-0.25, -0.2) is 0 Å². The van der Waals surface area contributed by atoms with E-state index in [2.05, 4.69) is 36.5 Å². The molecule has 0 aromatic heterocycles. The second-order valence-corrected chi connectivity index (χ2v) is 6.36. The van der Waals surface area contributed by atoms with Gasteiger partial charge in [0.15, 0.2) is 0 Å². The molecule has 3 nitrogen and oxygen atoms in total. The van der Waals surface area contributed by atoms with Crippen LogP contribution in [0, 0.1) is 5.92 Å². The fourth-order valence-electron chi connectivity index (χ4n) is 3.17. The number of rotatable bonds is 5. The van der Waals surface area contributed by atoms with Crippen LogP contribution in [0.4, 0.5) is 5.69 Å². The molecule has 0 radical (unpaired) electrons. The van der Waals surface area contributed by atoms with Crippen LogP contribution in [-0.4, -0.2) is 23.9 Å². The van der Waals surface area contributed by atoms with Crippen molar-refractivity contribution in [1.29, 1.82) is 0 Å². The van der Waals surface area contributed by atoms with Crippen molar-refractivity contribution in [2.75, 3.05) is 12.4 Å². The maximum absolute atomic E-state index is 11.3. The van der Waals surface area contributed by atoms with Gasteiger partial charge in [0.25, 0.3) is 0 Å². The highest BCUT2D eigenvalue weighted by molar-refractivity contribution is 5.72. The van der Waals surface area contributed by atoms with E-state index in [1.165, 1.54) is 43.4 Å². The van der Waals surface area contributed by atoms with Crippen LogP contribution in [0.25, 0.3) is 0 Å². The van der Waals surface area contributed by atoms with E-state index in [0.29, 0.717) is 12.6 Å². The van der Waals surface area contributed by atoms with Gasteiger partial charge >= 0.3 is 0 Å². The summed E-state index contributed by atoms with van der Waals surface area (Å²) in [4.78, 5) is 13.1. The molecule has 1 aromatic carbocycles. The Morgan fingerprint density at radius 2 is 2.19 bits per heavy atom. The number of nitrogens with zero attached hydrogens (tertiary/aromatic N) is 1. The fourth-order valence-corrected chi connectivity index (χ4v) is 3.17. The number of anilines is 1. The van der Waals surface area contributed by atoms with Gasteiger partial charge in [0.2, 0.25) is 5.91 Å². The summed E-state index contributed by atoms with van der Waals surface area (Å²) in [5.74, 6) is 0.981. The van der Waals surface area contributed by atoms with E-state index < -0.39 is 0 Å². The molecule has 2 unspecified atom stereocenters. The molecule has 0 spiro atoms. The van der Waals surface area contributed by atoms with Crippen LogP contribution >= 0.6 is 0 Å². The molecule has 1 aliphatic carbocycles. The quantitative estimate of drug-likeness (QED) is 0.886. The van der Waals surface area contributed by atoms with Gasteiger partial charge in [-0.15, -0.1) is 0 Å². The maximum atomic E-state index is 11.3. The summed E-state index contributed by atoms with van der Waals surface area (Å²) in [6.45, 7) is 4.58. The summed E-state index contributed by atoms with van der Waals surface area (Å²) in [5, 5.41) is 3.68. The molecule has 2 atom stereocenters. The van der Waals surface area contributed by atoms with Gasteiger partial charge < -0.3 is 10.2 Å². The van der Waals surface area contributed by atoms with Gasteiger partial charge in [0, 0.05) is 32.2 Å². The summed E-state index contributed by atoms with van der Waals surface area (Å²) in [7, 11) is 1.84. The zero-order chi connectivity index (χ0) is 15.2. The average molecular weight is 288 g/mol. The van der Waals surface area contributed by atoms with Gasteiger partial charge in [-0.1, -0.05) is 38.3 Å². The lowest BCUT2D eigenvalue weighted by molar-refractivity contribution is -0.128. The Kier molecular flexibility index (Phi) is 5.66. The molecule has 0 bridgehead atoms. The molecule has 1 aliphatic rings. The molecule has 116 valence electrons. The minimum Gasteiger partial charge on any atom is -0.382 e. The van der Waals surface area contributed by atoms with Crippen LogP contribution in [0.5, 0.6) is 0 Å². The molecule has 2 rings (SSSR count). The average Bonchev–Trinajstić information content (AvgIpc) is 2.47. The molecule has 0 saturated heterocycles. The second-order valence-electron chi connectivity index (χ2n) is 6.36. The van der Waals surface area contributed by atoms with Crippen LogP contribution in [0.3, 0.4) is 0 Å². The van der Waals surface area contributed by atoms with Crippen molar-refractivity contribution in [1.82, 2.24) is 4.90 Å². The van der Waals surface area contributed by atoms with Crippen molar-refractivity contribution < 1.29 is 4.79 Å². The third-order valence-electron chi connectivity index (χ3n) is 4.62. The molecule has 0 heterocycles. The number of hydrogen-bond acceptors (Lipinski definition) is 2. The third kappa shape index (κ3) is 4.76. The smallest absolute Gasteiger partial charge is 0.219 e. The first kappa shape index (κ1) is 15.9. The predicted octanol–water partition coefficient (Wildman–Crippen LogP) is 4.05. The third-order valence-corrected chi connectivity index (χ3v) is 4.62. The first-order valence-electron chi connectivity index (χ1n) is 8.15. The summed E-state index contributed by atoms with van der Waals surface area (Å²) in [6, 6.07) is 9.07. The SMILES string of the molecule is CCC1CCCC(Nc2cccc(CN(C)C(C)=O)c2)C1. The molecule has 1 N–H and O–H groups in total. The van der Waals surface area contributed by atoms with E-state index in [4.69, 9.17) is 0 Å². The Hall–Kier alpha value is -1.51.